The first kappa shape index (κ1) is 14.9. The fourth-order valence-corrected chi connectivity index (χ4v) is 4.69. The summed E-state index contributed by atoms with van der Waals surface area (Å²) in [5.41, 5.74) is 0. The highest BCUT2D eigenvalue weighted by Gasteiger charge is 2.59. The maximum Gasteiger partial charge on any atom is 0.417 e. The van der Waals surface area contributed by atoms with E-state index in [0.717, 1.165) is 0 Å². The van der Waals surface area contributed by atoms with Gasteiger partial charge in [0.25, 0.3) is 4.99 Å². The van der Waals surface area contributed by atoms with Crippen molar-refractivity contribution in [1.82, 2.24) is 0 Å². The van der Waals surface area contributed by atoms with Gasteiger partial charge in [-0.1, -0.05) is 0 Å². The molecular weight excluding hydrogens is 260 g/mol. The van der Waals surface area contributed by atoms with E-state index in [2.05, 4.69) is 9.05 Å². The van der Waals surface area contributed by atoms with Gasteiger partial charge < -0.3 is 9.05 Å². The summed E-state index contributed by atoms with van der Waals surface area (Å²) in [4.78, 5) is -3.16. The van der Waals surface area contributed by atoms with Crippen LogP contribution in [-0.2, 0) is 23.4 Å². The van der Waals surface area contributed by atoms with Gasteiger partial charge in [-0.25, -0.2) is 8.42 Å². The summed E-state index contributed by atoms with van der Waals surface area (Å²) in [6.45, 7) is 0. The van der Waals surface area contributed by atoms with Gasteiger partial charge in [0.05, 0.1) is 0 Å². The van der Waals surface area contributed by atoms with Crippen molar-refractivity contribution in [3.8, 4) is 0 Å². The van der Waals surface area contributed by atoms with Crippen molar-refractivity contribution >= 4 is 17.4 Å². The highest BCUT2D eigenvalue weighted by atomic mass is 32.2. The first-order valence-electron chi connectivity index (χ1n) is 3.46. The minimum atomic E-state index is -5.21. The third-order valence-electron chi connectivity index (χ3n) is 1.48. The zero-order valence-electron chi connectivity index (χ0n) is 8.11. The van der Waals surface area contributed by atoms with E-state index in [4.69, 9.17) is 0 Å². The summed E-state index contributed by atoms with van der Waals surface area (Å²) >= 11 is 0. The molecule has 0 saturated carbocycles. The van der Waals surface area contributed by atoms with Gasteiger partial charge in [-0.2, -0.15) is 13.2 Å². The Kier molecular flexibility index (Phi) is 4.37. The summed E-state index contributed by atoms with van der Waals surface area (Å²) in [6, 6.07) is 0. The molecule has 0 aromatic heterocycles. The standard InChI is InChI=1S/C5H10F3O5PS/c1-12-14(9,13-2)4(5(6,7)8)15(3,10)11/h4H,1-3H3. The van der Waals surface area contributed by atoms with Crippen LogP contribution in [0.5, 0.6) is 0 Å². The number of hydrogen-bond donors (Lipinski definition) is 0. The molecular formula is C5H10F3O5PS. The first-order chi connectivity index (χ1) is 6.49. The Balaban J connectivity index is 5.63. The van der Waals surface area contributed by atoms with E-state index in [1.165, 1.54) is 0 Å². The molecule has 0 saturated heterocycles. The van der Waals surface area contributed by atoms with Crippen LogP contribution < -0.4 is 0 Å². The smallest absolute Gasteiger partial charge is 0.311 e. The topological polar surface area (TPSA) is 69.7 Å². The fourth-order valence-electron chi connectivity index (χ4n) is 0.923. The van der Waals surface area contributed by atoms with Crippen LogP contribution in [0.25, 0.3) is 0 Å². The van der Waals surface area contributed by atoms with Crippen LogP contribution in [0.1, 0.15) is 0 Å². The molecule has 0 fully saturated rings. The van der Waals surface area contributed by atoms with Gasteiger partial charge >= 0.3 is 13.8 Å². The molecule has 1 unspecified atom stereocenters. The SMILES string of the molecule is COP(=O)(OC)C(C(F)(F)F)S(C)(=O)=O. The minimum absolute atomic E-state index is 0.315. The molecule has 0 aromatic rings. The average molecular weight is 270 g/mol. The molecule has 0 aromatic carbocycles. The molecule has 92 valence electrons. The van der Waals surface area contributed by atoms with Gasteiger partial charge in [0.15, 0.2) is 9.84 Å². The molecule has 0 N–H and O–H groups in total. The van der Waals surface area contributed by atoms with Crippen LogP contribution in [-0.4, -0.2) is 40.1 Å². The molecule has 10 heteroatoms. The Morgan fingerprint density at radius 3 is 1.60 bits per heavy atom. The number of rotatable bonds is 4. The zero-order valence-corrected chi connectivity index (χ0v) is 9.82. The van der Waals surface area contributed by atoms with Crippen molar-refractivity contribution < 1.29 is 35.2 Å². The highest BCUT2D eigenvalue weighted by molar-refractivity contribution is 7.98. The molecule has 0 aliphatic carbocycles. The molecule has 0 heterocycles. The molecule has 0 aliphatic rings. The van der Waals surface area contributed by atoms with Crippen LogP contribution in [0.3, 0.4) is 0 Å². The van der Waals surface area contributed by atoms with Crippen molar-refractivity contribution in [2.75, 3.05) is 20.5 Å². The summed E-state index contributed by atoms with van der Waals surface area (Å²) < 4.78 is 78.4. The zero-order chi connectivity index (χ0) is 12.5. The predicted octanol–water partition coefficient (Wildman–Crippen LogP) is 1.41. The van der Waals surface area contributed by atoms with Crippen molar-refractivity contribution in [2.24, 2.45) is 0 Å². The normalized spacial score (nSPS) is 16.4. The monoisotopic (exact) mass is 270 g/mol. The second-order valence-electron chi connectivity index (χ2n) is 2.63. The summed E-state index contributed by atoms with van der Waals surface area (Å²) in [6.07, 6.45) is -4.90. The van der Waals surface area contributed by atoms with Gasteiger partial charge in [-0.15, -0.1) is 0 Å². The van der Waals surface area contributed by atoms with Gasteiger partial charge in [-0.3, -0.25) is 4.57 Å². The average Bonchev–Trinajstić information content (AvgIpc) is 1.98. The van der Waals surface area contributed by atoms with Gasteiger partial charge in [0.2, 0.25) is 0 Å². The van der Waals surface area contributed by atoms with E-state index < -0.39 is 28.6 Å². The molecule has 1 atom stereocenters. The molecule has 0 spiro atoms. The Hall–Kier alpha value is -0.110. The lowest BCUT2D eigenvalue weighted by molar-refractivity contribution is -0.118. The number of alkyl halides is 3. The first-order valence-corrected chi connectivity index (χ1v) is 7.02. The molecule has 0 amide bonds. The van der Waals surface area contributed by atoms with E-state index >= 15 is 0 Å². The molecule has 0 aliphatic heterocycles. The Bertz CT molecular complexity index is 353. The molecule has 15 heavy (non-hydrogen) atoms. The third kappa shape index (κ3) is 3.44. The largest absolute Gasteiger partial charge is 0.417 e. The van der Waals surface area contributed by atoms with E-state index in [1.54, 1.807) is 0 Å². The van der Waals surface area contributed by atoms with Gasteiger partial charge in [-0.05, 0) is 0 Å². The van der Waals surface area contributed by atoms with Crippen LogP contribution in [0.2, 0.25) is 0 Å². The van der Waals surface area contributed by atoms with Crippen LogP contribution >= 0.6 is 7.60 Å². The van der Waals surface area contributed by atoms with Crippen molar-refractivity contribution in [3.05, 3.63) is 0 Å². The number of halogens is 3. The predicted molar refractivity (Wildman–Crippen MR) is 46.3 cm³/mol. The highest BCUT2D eigenvalue weighted by Crippen LogP contribution is 2.58. The van der Waals surface area contributed by atoms with Crippen LogP contribution in [0, 0.1) is 0 Å². The van der Waals surface area contributed by atoms with Gasteiger partial charge in [0, 0.05) is 20.5 Å². The maximum absolute atomic E-state index is 12.4. The lowest BCUT2D eigenvalue weighted by Gasteiger charge is -2.24. The maximum atomic E-state index is 12.4. The Morgan fingerprint density at radius 1 is 1.20 bits per heavy atom. The van der Waals surface area contributed by atoms with E-state index in [9.17, 15) is 26.2 Å². The molecule has 0 bridgehead atoms. The Labute approximate surface area is 85.0 Å². The number of sulfone groups is 1. The van der Waals surface area contributed by atoms with Crippen molar-refractivity contribution in [3.63, 3.8) is 0 Å². The van der Waals surface area contributed by atoms with Crippen LogP contribution in [0.15, 0.2) is 0 Å². The van der Waals surface area contributed by atoms with Crippen molar-refractivity contribution in [2.45, 2.75) is 11.2 Å². The van der Waals surface area contributed by atoms with E-state index in [1.807, 2.05) is 0 Å². The Morgan fingerprint density at radius 2 is 1.53 bits per heavy atom. The minimum Gasteiger partial charge on any atom is -0.311 e. The van der Waals surface area contributed by atoms with E-state index in [0.29, 0.717) is 20.5 Å². The quantitative estimate of drug-likeness (QED) is 0.722. The fraction of sp³-hybridized carbons (Fsp3) is 1.00. The lowest BCUT2D eigenvalue weighted by atomic mass is 10.8. The summed E-state index contributed by atoms with van der Waals surface area (Å²) in [7, 11) is -8.01. The lowest BCUT2D eigenvalue weighted by Crippen LogP contribution is -2.36. The molecule has 5 nitrogen and oxygen atoms in total. The van der Waals surface area contributed by atoms with Crippen LogP contribution in [0.4, 0.5) is 13.2 Å². The molecule has 0 radical (unpaired) electrons. The molecule has 0 rings (SSSR count). The van der Waals surface area contributed by atoms with E-state index in [-0.39, 0.29) is 0 Å². The third-order valence-corrected chi connectivity index (χ3v) is 6.37. The second-order valence-corrected chi connectivity index (χ2v) is 7.43. The summed E-state index contributed by atoms with van der Waals surface area (Å²) in [5.74, 6) is 0. The van der Waals surface area contributed by atoms with Crippen molar-refractivity contribution in [1.29, 1.82) is 0 Å². The van der Waals surface area contributed by atoms with Gasteiger partial charge in [0.1, 0.15) is 0 Å². The number of hydrogen-bond acceptors (Lipinski definition) is 5. The second kappa shape index (κ2) is 4.40. The summed E-state index contributed by atoms with van der Waals surface area (Å²) in [5, 5.41) is 0.